The highest BCUT2D eigenvalue weighted by Gasteiger charge is 2.16. The van der Waals surface area contributed by atoms with E-state index in [9.17, 15) is 4.79 Å². The summed E-state index contributed by atoms with van der Waals surface area (Å²) in [6.45, 7) is 2.11. The molecule has 0 atom stereocenters. The number of hydrogen-bond donors (Lipinski definition) is 1. The van der Waals surface area contributed by atoms with E-state index in [0.717, 1.165) is 17.0 Å². The number of thiazole rings is 1. The number of rotatable bonds is 6. The Hall–Kier alpha value is -2.57. The molecule has 0 unspecified atom stereocenters. The van der Waals surface area contributed by atoms with Gasteiger partial charge in [0.25, 0.3) is 5.91 Å². The van der Waals surface area contributed by atoms with Crippen LogP contribution in [0.15, 0.2) is 41.8 Å². The molecule has 140 valence electrons. The van der Waals surface area contributed by atoms with Gasteiger partial charge in [-0.1, -0.05) is 42.8 Å². The number of nitrogens with zero attached hydrogens (tertiary/aromatic N) is 1. The molecule has 0 saturated heterocycles. The molecule has 1 aromatic heterocycles. The Labute approximate surface area is 166 Å². The largest absolute Gasteiger partial charge is 0.493 e. The van der Waals surface area contributed by atoms with Crippen molar-refractivity contribution in [3.05, 3.63) is 58.1 Å². The van der Waals surface area contributed by atoms with Crippen LogP contribution in [-0.4, -0.2) is 25.1 Å². The number of carbonyl (C=O) groups excluding carboxylic acids is 1. The Balaban J connectivity index is 1.80. The summed E-state index contributed by atoms with van der Waals surface area (Å²) < 4.78 is 10.4. The van der Waals surface area contributed by atoms with Gasteiger partial charge in [0.2, 0.25) is 0 Å². The maximum atomic E-state index is 12.6. The Morgan fingerprint density at radius 3 is 2.44 bits per heavy atom. The number of aromatic nitrogens is 1. The predicted octanol–water partition coefficient (Wildman–Crippen LogP) is 5.30. The van der Waals surface area contributed by atoms with Gasteiger partial charge in [-0.2, -0.15) is 0 Å². The predicted molar refractivity (Wildman–Crippen MR) is 109 cm³/mol. The minimum Gasteiger partial charge on any atom is -0.493 e. The van der Waals surface area contributed by atoms with Crippen LogP contribution in [0.5, 0.6) is 11.5 Å². The first-order valence-corrected chi connectivity index (χ1v) is 9.59. The fraction of sp³-hybridized carbons (Fsp3) is 0.200. The zero-order valence-electron chi connectivity index (χ0n) is 15.2. The standard InChI is InChI=1S/C20H19ClN2O3S/c1-4-12-5-7-13(8-6-12)20-23-16(11-27-20)19(24)22-15-10-18(26-3)17(25-2)9-14(15)21/h5-11H,4H2,1-3H3,(H,22,24). The molecule has 0 aliphatic heterocycles. The molecule has 0 spiro atoms. The molecule has 5 nitrogen and oxygen atoms in total. The summed E-state index contributed by atoms with van der Waals surface area (Å²) in [6, 6.07) is 11.4. The van der Waals surface area contributed by atoms with Crippen LogP contribution in [-0.2, 0) is 6.42 Å². The lowest BCUT2D eigenvalue weighted by molar-refractivity contribution is 0.102. The number of ether oxygens (including phenoxy) is 2. The minimum atomic E-state index is -0.336. The number of benzene rings is 2. The summed E-state index contributed by atoms with van der Waals surface area (Å²) in [4.78, 5) is 17.0. The van der Waals surface area contributed by atoms with Crippen LogP contribution >= 0.6 is 22.9 Å². The summed E-state index contributed by atoms with van der Waals surface area (Å²) in [6.07, 6.45) is 0.984. The molecule has 0 aliphatic carbocycles. The fourth-order valence-electron chi connectivity index (χ4n) is 2.53. The van der Waals surface area contributed by atoms with Gasteiger partial charge in [-0.25, -0.2) is 4.98 Å². The molecule has 2 aromatic carbocycles. The molecule has 0 aliphatic rings. The van der Waals surface area contributed by atoms with Gasteiger partial charge in [-0.3, -0.25) is 4.79 Å². The van der Waals surface area contributed by atoms with Crippen molar-refractivity contribution >= 4 is 34.5 Å². The third-order valence-electron chi connectivity index (χ3n) is 4.07. The number of methoxy groups -OCH3 is 2. The van der Waals surface area contributed by atoms with E-state index in [1.807, 2.05) is 12.1 Å². The highest BCUT2D eigenvalue weighted by molar-refractivity contribution is 7.13. The number of amides is 1. The number of aryl methyl sites for hydroxylation is 1. The van der Waals surface area contributed by atoms with Crippen molar-refractivity contribution in [3.8, 4) is 22.1 Å². The second-order valence-corrected chi connectivity index (χ2v) is 6.99. The molecule has 1 N–H and O–H groups in total. The van der Waals surface area contributed by atoms with E-state index in [1.54, 1.807) is 17.5 Å². The van der Waals surface area contributed by atoms with Crippen molar-refractivity contribution in [3.63, 3.8) is 0 Å². The summed E-state index contributed by atoms with van der Waals surface area (Å²) in [5.74, 6) is 0.635. The van der Waals surface area contributed by atoms with Crippen molar-refractivity contribution in [1.82, 2.24) is 4.98 Å². The summed E-state index contributed by atoms with van der Waals surface area (Å²) in [5.41, 5.74) is 3.01. The maximum absolute atomic E-state index is 12.6. The van der Waals surface area contributed by atoms with Crippen LogP contribution in [0, 0.1) is 0 Å². The number of halogens is 1. The lowest BCUT2D eigenvalue weighted by Crippen LogP contribution is -2.13. The number of hydrogen-bond acceptors (Lipinski definition) is 5. The third-order valence-corrected chi connectivity index (χ3v) is 5.27. The van der Waals surface area contributed by atoms with Crippen LogP contribution in [0.1, 0.15) is 23.0 Å². The molecular formula is C20H19ClN2O3S. The van der Waals surface area contributed by atoms with Crippen molar-refractivity contribution in [2.24, 2.45) is 0 Å². The van der Waals surface area contributed by atoms with Gasteiger partial charge >= 0.3 is 0 Å². The Morgan fingerprint density at radius 2 is 1.81 bits per heavy atom. The van der Waals surface area contributed by atoms with Crippen molar-refractivity contribution in [1.29, 1.82) is 0 Å². The molecular weight excluding hydrogens is 384 g/mol. The van der Waals surface area contributed by atoms with Crippen LogP contribution in [0.3, 0.4) is 0 Å². The molecule has 1 heterocycles. The van der Waals surface area contributed by atoms with Gasteiger partial charge in [0, 0.05) is 23.1 Å². The SMILES string of the molecule is CCc1ccc(-c2nc(C(=O)Nc3cc(OC)c(OC)cc3Cl)cs2)cc1. The summed E-state index contributed by atoms with van der Waals surface area (Å²) in [7, 11) is 3.05. The van der Waals surface area contributed by atoms with E-state index in [2.05, 4.69) is 29.4 Å². The second-order valence-electron chi connectivity index (χ2n) is 5.73. The average Bonchev–Trinajstić information content (AvgIpc) is 3.19. The molecule has 0 fully saturated rings. The first kappa shape index (κ1) is 19.2. The van der Waals surface area contributed by atoms with Gasteiger partial charge < -0.3 is 14.8 Å². The monoisotopic (exact) mass is 402 g/mol. The third kappa shape index (κ3) is 4.23. The fourth-order valence-corrected chi connectivity index (χ4v) is 3.54. The van der Waals surface area contributed by atoms with E-state index in [1.165, 1.54) is 31.1 Å². The lowest BCUT2D eigenvalue weighted by atomic mass is 10.1. The van der Waals surface area contributed by atoms with E-state index in [-0.39, 0.29) is 5.91 Å². The van der Waals surface area contributed by atoms with E-state index in [0.29, 0.717) is 27.9 Å². The van der Waals surface area contributed by atoms with Crippen molar-refractivity contribution < 1.29 is 14.3 Å². The van der Waals surface area contributed by atoms with Gasteiger partial charge in [0.05, 0.1) is 24.9 Å². The molecule has 7 heteroatoms. The van der Waals surface area contributed by atoms with Crippen molar-refractivity contribution in [2.45, 2.75) is 13.3 Å². The topological polar surface area (TPSA) is 60.5 Å². The Bertz CT molecular complexity index is 954. The summed E-state index contributed by atoms with van der Waals surface area (Å²) in [5, 5.41) is 5.65. The highest BCUT2D eigenvalue weighted by atomic mass is 35.5. The summed E-state index contributed by atoms with van der Waals surface area (Å²) >= 11 is 7.65. The van der Waals surface area contributed by atoms with Gasteiger partial charge in [0.15, 0.2) is 11.5 Å². The van der Waals surface area contributed by atoms with Crippen molar-refractivity contribution in [2.75, 3.05) is 19.5 Å². The Morgan fingerprint density at radius 1 is 1.15 bits per heavy atom. The maximum Gasteiger partial charge on any atom is 0.275 e. The molecule has 0 radical (unpaired) electrons. The van der Waals surface area contributed by atoms with Crippen LogP contribution in [0.25, 0.3) is 10.6 Å². The van der Waals surface area contributed by atoms with E-state index < -0.39 is 0 Å². The zero-order chi connectivity index (χ0) is 19.4. The molecule has 0 saturated carbocycles. The van der Waals surface area contributed by atoms with E-state index >= 15 is 0 Å². The van der Waals surface area contributed by atoms with Gasteiger partial charge in [-0.15, -0.1) is 11.3 Å². The molecule has 27 heavy (non-hydrogen) atoms. The molecule has 0 bridgehead atoms. The van der Waals surface area contributed by atoms with Crippen LogP contribution in [0.4, 0.5) is 5.69 Å². The first-order valence-electron chi connectivity index (χ1n) is 8.33. The molecule has 3 rings (SSSR count). The van der Waals surface area contributed by atoms with Gasteiger partial charge in [-0.05, 0) is 12.0 Å². The smallest absolute Gasteiger partial charge is 0.275 e. The number of anilines is 1. The van der Waals surface area contributed by atoms with Crippen LogP contribution in [0.2, 0.25) is 5.02 Å². The minimum absolute atomic E-state index is 0.334. The highest BCUT2D eigenvalue weighted by Crippen LogP contribution is 2.36. The van der Waals surface area contributed by atoms with Gasteiger partial charge in [0.1, 0.15) is 10.7 Å². The molecule has 1 amide bonds. The zero-order valence-corrected chi connectivity index (χ0v) is 16.8. The normalized spacial score (nSPS) is 10.5. The average molecular weight is 403 g/mol. The number of carbonyl (C=O) groups is 1. The number of nitrogens with one attached hydrogen (secondary N) is 1. The lowest BCUT2D eigenvalue weighted by Gasteiger charge is -2.12. The van der Waals surface area contributed by atoms with Crippen LogP contribution < -0.4 is 14.8 Å². The second kappa shape index (κ2) is 8.41. The Kier molecular flexibility index (Phi) is 5.98. The molecule has 3 aromatic rings. The quantitative estimate of drug-likeness (QED) is 0.608. The first-order chi connectivity index (χ1) is 13.0. The van der Waals surface area contributed by atoms with E-state index in [4.69, 9.17) is 21.1 Å².